The van der Waals surface area contributed by atoms with Crippen LogP contribution >= 0.6 is 0 Å². The quantitative estimate of drug-likeness (QED) is 0.363. The van der Waals surface area contributed by atoms with Gasteiger partial charge in [0.1, 0.15) is 5.69 Å². The molecule has 7 nitrogen and oxygen atoms in total. The van der Waals surface area contributed by atoms with Crippen molar-refractivity contribution in [3.63, 3.8) is 0 Å². The molecule has 0 bridgehead atoms. The van der Waals surface area contributed by atoms with Crippen molar-refractivity contribution in [2.75, 3.05) is 38.0 Å². The molecule has 10 heteroatoms. The fraction of sp³-hybridized carbons (Fsp3) is 0.300. The molecule has 5 rings (SSSR count). The summed E-state index contributed by atoms with van der Waals surface area (Å²) in [6.07, 6.45) is 2.13. The number of piperazine rings is 1. The normalized spacial score (nSPS) is 14.6. The van der Waals surface area contributed by atoms with Gasteiger partial charge in [0.2, 0.25) is 0 Å². The molecular formula is C30H29F3N6O. The van der Waals surface area contributed by atoms with E-state index in [1.807, 2.05) is 11.8 Å². The van der Waals surface area contributed by atoms with Crippen LogP contribution in [0.25, 0.3) is 5.65 Å². The molecule has 2 aromatic carbocycles. The number of fused-ring (bicyclic) bond motifs is 1. The van der Waals surface area contributed by atoms with Gasteiger partial charge in [-0.1, -0.05) is 25.0 Å². The van der Waals surface area contributed by atoms with Crippen molar-refractivity contribution in [3.05, 3.63) is 94.7 Å². The Morgan fingerprint density at radius 3 is 2.55 bits per heavy atom. The van der Waals surface area contributed by atoms with Gasteiger partial charge >= 0.3 is 6.18 Å². The van der Waals surface area contributed by atoms with Gasteiger partial charge in [-0.25, -0.2) is 4.98 Å². The van der Waals surface area contributed by atoms with E-state index >= 15 is 0 Å². The number of anilines is 1. The monoisotopic (exact) mass is 546 g/mol. The molecule has 0 aliphatic carbocycles. The minimum absolute atomic E-state index is 0.0874. The van der Waals surface area contributed by atoms with Crippen molar-refractivity contribution in [2.45, 2.75) is 26.6 Å². The van der Waals surface area contributed by atoms with E-state index in [0.29, 0.717) is 22.5 Å². The Morgan fingerprint density at radius 2 is 1.80 bits per heavy atom. The summed E-state index contributed by atoms with van der Waals surface area (Å²) < 4.78 is 43.8. The van der Waals surface area contributed by atoms with Gasteiger partial charge in [-0.3, -0.25) is 19.1 Å². The average Bonchev–Trinajstić information content (AvgIpc) is 3.36. The van der Waals surface area contributed by atoms with Crippen LogP contribution in [0.2, 0.25) is 0 Å². The number of nitrogens with zero attached hydrogens (tertiary/aromatic N) is 5. The molecule has 3 heterocycles. The molecule has 0 radical (unpaired) electrons. The Labute approximate surface area is 230 Å². The van der Waals surface area contributed by atoms with Crippen molar-refractivity contribution < 1.29 is 18.0 Å². The van der Waals surface area contributed by atoms with E-state index in [9.17, 15) is 18.0 Å². The molecule has 0 spiro atoms. The maximum Gasteiger partial charge on any atom is 0.416 e. The predicted molar refractivity (Wildman–Crippen MR) is 147 cm³/mol. The van der Waals surface area contributed by atoms with Gasteiger partial charge in [0.25, 0.3) is 5.91 Å². The molecule has 1 aliphatic heterocycles. The SMILES string of the molecule is CCN1CCN(Cc2ccc(NC(=O)c3ccc(C)c(C#Cc4cnc5cnccn45)c3)cc2C(F)(F)F)CC1. The predicted octanol–water partition coefficient (Wildman–Crippen LogP) is 4.85. The second-order valence-electron chi connectivity index (χ2n) is 9.76. The van der Waals surface area contributed by atoms with Crippen LogP contribution in [0.4, 0.5) is 18.9 Å². The zero-order chi connectivity index (χ0) is 28.3. The van der Waals surface area contributed by atoms with Crippen molar-refractivity contribution in [2.24, 2.45) is 0 Å². The molecule has 0 saturated carbocycles. The first-order valence-corrected chi connectivity index (χ1v) is 13.1. The standard InChI is InChI=1S/C30H29F3N6O/c1-3-37-12-14-38(15-13-37)20-24-6-8-25(17-27(24)30(31,32)33)36-29(40)23-5-4-21(2)22(16-23)7-9-26-18-35-28-19-34-10-11-39(26)28/h4-6,8,10-11,16-19H,3,12-15,20H2,1-2H3,(H,36,40). The van der Waals surface area contributed by atoms with Gasteiger partial charge in [-0.2, -0.15) is 13.2 Å². The third-order valence-corrected chi connectivity index (χ3v) is 7.12. The van der Waals surface area contributed by atoms with Crippen molar-refractivity contribution >= 4 is 17.2 Å². The average molecular weight is 547 g/mol. The number of aryl methyl sites for hydroxylation is 1. The van der Waals surface area contributed by atoms with Crippen LogP contribution in [0.5, 0.6) is 0 Å². The number of halogens is 3. The van der Waals surface area contributed by atoms with Crippen molar-refractivity contribution in [1.29, 1.82) is 0 Å². The molecule has 0 unspecified atom stereocenters. The van der Waals surface area contributed by atoms with Crippen molar-refractivity contribution in [1.82, 2.24) is 24.2 Å². The Hall–Kier alpha value is -4.20. The number of hydrogen-bond acceptors (Lipinski definition) is 5. The van der Waals surface area contributed by atoms with Crippen LogP contribution in [0.3, 0.4) is 0 Å². The Kier molecular flexibility index (Phi) is 7.87. The van der Waals surface area contributed by atoms with Gasteiger partial charge in [-0.05, 0) is 54.8 Å². The number of benzene rings is 2. The highest BCUT2D eigenvalue weighted by Crippen LogP contribution is 2.34. The largest absolute Gasteiger partial charge is 0.416 e. The molecular weight excluding hydrogens is 517 g/mol. The first-order valence-electron chi connectivity index (χ1n) is 13.1. The number of likely N-dealkylation sites (N-methyl/N-ethyl adjacent to an activating group) is 1. The van der Waals surface area contributed by atoms with E-state index in [2.05, 4.69) is 38.9 Å². The maximum absolute atomic E-state index is 14.0. The first-order chi connectivity index (χ1) is 19.2. The second-order valence-corrected chi connectivity index (χ2v) is 9.76. The summed E-state index contributed by atoms with van der Waals surface area (Å²) in [6, 6.07) is 9.04. The van der Waals surface area contributed by atoms with Gasteiger partial charge in [0.15, 0.2) is 5.65 Å². The number of carbonyl (C=O) groups is 1. The number of imidazole rings is 1. The summed E-state index contributed by atoms with van der Waals surface area (Å²) >= 11 is 0. The smallest absolute Gasteiger partial charge is 0.322 e. The Bertz CT molecular complexity index is 1590. The van der Waals surface area contributed by atoms with E-state index in [0.717, 1.165) is 44.4 Å². The topological polar surface area (TPSA) is 65.8 Å². The van der Waals surface area contributed by atoms with Crippen LogP contribution in [0.15, 0.2) is 61.2 Å². The Morgan fingerprint density at radius 1 is 1.02 bits per heavy atom. The van der Waals surface area contributed by atoms with Crippen LogP contribution in [0.1, 0.15) is 45.2 Å². The van der Waals surface area contributed by atoms with Crippen LogP contribution < -0.4 is 5.32 Å². The zero-order valence-electron chi connectivity index (χ0n) is 22.3. The fourth-order valence-electron chi connectivity index (χ4n) is 4.73. The first kappa shape index (κ1) is 27.4. The fourth-order valence-corrected chi connectivity index (χ4v) is 4.73. The van der Waals surface area contributed by atoms with E-state index in [4.69, 9.17) is 0 Å². The molecule has 1 saturated heterocycles. The summed E-state index contributed by atoms with van der Waals surface area (Å²) in [5.41, 5.74) is 2.68. The minimum Gasteiger partial charge on any atom is -0.322 e. The van der Waals surface area contributed by atoms with Crippen LogP contribution in [-0.2, 0) is 12.7 Å². The summed E-state index contributed by atoms with van der Waals surface area (Å²) in [5, 5.41) is 2.63. The highest BCUT2D eigenvalue weighted by Gasteiger charge is 2.34. The maximum atomic E-state index is 14.0. The van der Waals surface area contributed by atoms with Crippen LogP contribution in [0, 0.1) is 18.8 Å². The highest BCUT2D eigenvalue weighted by atomic mass is 19.4. The summed E-state index contributed by atoms with van der Waals surface area (Å²) in [5.74, 6) is 5.64. The third kappa shape index (κ3) is 6.17. The zero-order valence-corrected chi connectivity index (χ0v) is 22.3. The summed E-state index contributed by atoms with van der Waals surface area (Å²) in [7, 11) is 0. The summed E-state index contributed by atoms with van der Waals surface area (Å²) in [4.78, 5) is 25.6. The molecule has 1 N–H and O–H groups in total. The molecule has 4 aromatic rings. The molecule has 0 atom stereocenters. The number of alkyl halides is 3. The van der Waals surface area contributed by atoms with Gasteiger partial charge < -0.3 is 10.2 Å². The second kappa shape index (κ2) is 11.5. The van der Waals surface area contributed by atoms with Crippen LogP contribution in [-0.4, -0.2) is 62.8 Å². The number of aromatic nitrogens is 3. The van der Waals surface area contributed by atoms with E-state index in [1.54, 1.807) is 47.4 Å². The van der Waals surface area contributed by atoms with E-state index < -0.39 is 17.6 Å². The highest BCUT2D eigenvalue weighted by molar-refractivity contribution is 6.04. The minimum atomic E-state index is -4.54. The molecule has 206 valence electrons. The molecule has 40 heavy (non-hydrogen) atoms. The number of amides is 1. The number of hydrogen-bond donors (Lipinski definition) is 1. The lowest BCUT2D eigenvalue weighted by Gasteiger charge is -2.34. The van der Waals surface area contributed by atoms with E-state index in [-0.39, 0.29) is 17.8 Å². The molecule has 2 aromatic heterocycles. The van der Waals surface area contributed by atoms with E-state index in [1.165, 1.54) is 12.1 Å². The lowest BCUT2D eigenvalue weighted by Crippen LogP contribution is -2.45. The third-order valence-electron chi connectivity index (χ3n) is 7.12. The van der Waals surface area contributed by atoms with Gasteiger partial charge in [0, 0.05) is 61.9 Å². The number of nitrogens with one attached hydrogen (secondary N) is 1. The van der Waals surface area contributed by atoms with Crippen molar-refractivity contribution in [3.8, 4) is 11.8 Å². The van der Waals surface area contributed by atoms with Gasteiger partial charge in [0.05, 0.1) is 18.0 Å². The molecule has 1 fully saturated rings. The molecule has 1 aliphatic rings. The summed E-state index contributed by atoms with van der Waals surface area (Å²) in [6.45, 7) is 8.22. The number of carbonyl (C=O) groups excluding carboxylic acids is 1. The Balaban J connectivity index is 1.33. The number of rotatable bonds is 5. The lowest BCUT2D eigenvalue weighted by atomic mass is 10.0. The molecule has 1 amide bonds. The van der Waals surface area contributed by atoms with Gasteiger partial charge in [-0.15, -0.1) is 0 Å². The lowest BCUT2D eigenvalue weighted by molar-refractivity contribution is -0.138.